The molecular weight excluding hydrogens is 473 g/mol. The molecule has 8 heteroatoms. The monoisotopic (exact) mass is 493 g/mol. The molecule has 1 fully saturated rings. The van der Waals surface area contributed by atoms with Gasteiger partial charge in [0.2, 0.25) is 0 Å². The van der Waals surface area contributed by atoms with Gasteiger partial charge in [0.15, 0.2) is 0 Å². The van der Waals surface area contributed by atoms with Gasteiger partial charge in [0.25, 0.3) is 0 Å². The zero-order valence-corrected chi connectivity index (χ0v) is 19.6. The number of hydrogen-bond acceptors (Lipinski definition) is 4. The van der Waals surface area contributed by atoms with E-state index >= 15 is 0 Å². The molecule has 0 saturated carbocycles. The van der Waals surface area contributed by atoms with E-state index in [1.807, 2.05) is 6.07 Å². The molecule has 2 aliphatic heterocycles. The predicted molar refractivity (Wildman–Crippen MR) is 124 cm³/mol. The van der Waals surface area contributed by atoms with Crippen LogP contribution in [0.4, 0.5) is 20.7 Å². The van der Waals surface area contributed by atoms with Gasteiger partial charge < -0.3 is 0 Å². The van der Waals surface area contributed by atoms with Crippen LogP contribution in [0.15, 0.2) is 66.2 Å². The fourth-order valence-electron chi connectivity index (χ4n) is 4.20. The van der Waals surface area contributed by atoms with Crippen molar-refractivity contribution in [2.45, 2.75) is 13.1 Å². The van der Waals surface area contributed by atoms with E-state index in [2.05, 4.69) is 83.2 Å². The van der Waals surface area contributed by atoms with E-state index < -0.39 is 25.9 Å². The molecule has 0 aliphatic carbocycles. The third-order valence-electron chi connectivity index (χ3n) is 5.70. The maximum atomic E-state index is 12.1. The van der Waals surface area contributed by atoms with Crippen LogP contribution in [0, 0.1) is 0 Å². The topological polar surface area (TPSA) is 78.5 Å². The Balaban J connectivity index is 1.61. The second-order valence-electron chi connectivity index (χ2n) is 7.97. The molecule has 0 bridgehead atoms. The Kier molecular flexibility index (Phi) is 4.59. The number of carbonyl (C=O) groups excluding carboxylic acids is 3. The number of barbiturate groups is 1. The summed E-state index contributed by atoms with van der Waals surface area (Å²) in [5.74, 6) is -1.33. The van der Waals surface area contributed by atoms with Gasteiger partial charge in [-0.3, -0.25) is 0 Å². The molecule has 154 valence electrons. The second kappa shape index (κ2) is 7.20. The number of anilines is 3. The van der Waals surface area contributed by atoms with Crippen LogP contribution < -0.4 is 25.9 Å². The molecule has 2 aromatic carbocycles. The summed E-state index contributed by atoms with van der Waals surface area (Å²) in [5, 5.41) is 7.03. The normalized spacial score (nSPS) is 16.9. The van der Waals surface area contributed by atoms with Crippen molar-refractivity contribution in [3.63, 3.8) is 0 Å². The number of benzene rings is 2. The summed E-state index contributed by atoms with van der Waals surface area (Å²) < 4.78 is 2.03. The number of urea groups is 1. The van der Waals surface area contributed by atoms with Gasteiger partial charge >= 0.3 is 186 Å². The molecule has 1 saturated heterocycles. The number of amides is 4. The summed E-state index contributed by atoms with van der Waals surface area (Å²) in [6.07, 6.45) is 1.58. The zero-order chi connectivity index (χ0) is 21.8. The van der Waals surface area contributed by atoms with Gasteiger partial charge in [-0.15, -0.1) is 0 Å². The first-order chi connectivity index (χ1) is 14.9. The van der Waals surface area contributed by atoms with Crippen molar-refractivity contribution in [1.82, 2.24) is 10.6 Å². The number of nitrogens with zero attached hydrogens (tertiary/aromatic N) is 1. The van der Waals surface area contributed by atoms with E-state index in [1.54, 1.807) is 6.08 Å². The quantitative estimate of drug-likeness (QED) is 0.326. The average molecular weight is 492 g/mol. The third kappa shape index (κ3) is 3.20. The molecule has 0 atom stereocenters. The van der Waals surface area contributed by atoms with E-state index in [0.717, 1.165) is 9.00 Å². The van der Waals surface area contributed by atoms with Gasteiger partial charge in [-0.2, -0.15) is 0 Å². The van der Waals surface area contributed by atoms with E-state index in [1.165, 1.54) is 21.7 Å². The van der Waals surface area contributed by atoms with Gasteiger partial charge in [-0.05, 0) is 0 Å². The van der Waals surface area contributed by atoms with Gasteiger partial charge in [0.05, 0.1) is 0 Å². The van der Waals surface area contributed by atoms with Crippen molar-refractivity contribution >= 4 is 72.8 Å². The van der Waals surface area contributed by atoms with Crippen LogP contribution in [0.1, 0.15) is 4.44 Å². The van der Waals surface area contributed by atoms with E-state index in [4.69, 9.17) is 0 Å². The summed E-state index contributed by atoms with van der Waals surface area (Å²) in [7, 11) is -1.83. The Hall–Kier alpha value is -3.19. The molecule has 3 heterocycles. The number of rotatable bonds is 2. The predicted octanol–water partition coefficient (Wildman–Crippen LogP) is 2.10. The molecule has 2 N–H and O–H groups in total. The number of hydrogen-bond donors (Lipinski definition) is 2. The minimum absolute atomic E-state index is 0.0460. The first kappa shape index (κ1) is 19.8. The van der Waals surface area contributed by atoms with Gasteiger partial charge in [-0.1, -0.05) is 0 Å². The van der Waals surface area contributed by atoms with Gasteiger partial charge in [0, 0.05) is 0 Å². The molecular formula is C23H19N3O3SeSi. The average Bonchev–Trinajstić information content (AvgIpc) is 3.19. The Morgan fingerprint density at radius 2 is 1.35 bits per heavy atom. The Labute approximate surface area is 186 Å². The molecule has 4 amide bonds. The van der Waals surface area contributed by atoms with Crippen LogP contribution in [-0.4, -0.2) is 40.4 Å². The van der Waals surface area contributed by atoms with E-state index in [-0.39, 0.29) is 20.1 Å². The number of fused-ring (bicyclic) bond motifs is 2. The first-order valence-electron chi connectivity index (χ1n) is 9.83. The van der Waals surface area contributed by atoms with Crippen molar-refractivity contribution in [1.29, 1.82) is 0 Å². The fraction of sp³-hybridized carbons (Fsp3) is 0.0870. The Morgan fingerprint density at radius 3 is 1.94 bits per heavy atom. The van der Waals surface area contributed by atoms with E-state index in [9.17, 15) is 14.4 Å². The van der Waals surface area contributed by atoms with Crippen LogP contribution in [0.3, 0.4) is 0 Å². The standard InChI is InChI=1S/C23H19N3O3SeSi/c1-31(2)18-9-5-3-7-16(18)26(17-8-4-6-10-19(17)31)20-12-11-14(30-20)13-15-21(27)24-23(29)25-22(15)28/h3-13H,1-2H3,(H2,24,25,27,28,29). The van der Waals surface area contributed by atoms with Crippen LogP contribution in [-0.2, 0) is 9.59 Å². The van der Waals surface area contributed by atoms with Crippen molar-refractivity contribution in [3.8, 4) is 0 Å². The second-order valence-corrected chi connectivity index (χ2v) is 14.6. The summed E-state index contributed by atoms with van der Waals surface area (Å²) in [5.41, 5.74) is 2.36. The molecule has 31 heavy (non-hydrogen) atoms. The van der Waals surface area contributed by atoms with Crippen LogP contribution >= 0.6 is 0 Å². The summed E-state index contributed by atoms with van der Waals surface area (Å²) in [6, 6.07) is 20.4. The third-order valence-corrected chi connectivity index (χ3v) is 11.4. The number of carbonyl (C=O) groups is 3. The van der Waals surface area contributed by atoms with Gasteiger partial charge in [-0.25, -0.2) is 0 Å². The number of para-hydroxylation sites is 2. The zero-order valence-electron chi connectivity index (χ0n) is 16.9. The van der Waals surface area contributed by atoms with Crippen LogP contribution in [0.25, 0.3) is 6.08 Å². The first-order valence-corrected chi connectivity index (χ1v) is 14.5. The summed E-state index contributed by atoms with van der Waals surface area (Å²) in [6.45, 7) is 4.76. The van der Waals surface area contributed by atoms with Crippen molar-refractivity contribution < 1.29 is 14.4 Å². The van der Waals surface area contributed by atoms with Crippen LogP contribution in [0.2, 0.25) is 13.1 Å². The molecule has 0 spiro atoms. The molecule has 5 rings (SSSR count). The summed E-state index contributed by atoms with van der Waals surface area (Å²) in [4.78, 5) is 37.8. The molecule has 3 aromatic rings. The van der Waals surface area contributed by atoms with Crippen molar-refractivity contribution in [2.24, 2.45) is 0 Å². The van der Waals surface area contributed by atoms with E-state index in [0.29, 0.717) is 0 Å². The van der Waals surface area contributed by atoms with Crippen molar-refractivity contribution in [3.05, 3.63) is 70.7 Å². The molecule has 2 aliphatic rings. The van der Waals surface area contributed by atoms with Crippen molar-refractivity contribution in [2.75, 3.05) is 4.90 Å². The SMILES string of the molecule is C[Si]1(C)c2ccccc2N(c2ccc(C=C3C(=O)NC(=O)NC3=O)[se]2)c2ccccc21. The van der Waals surface area contributed by atoms with Gasteiger partial charge in [0.1, 0.15) is 0 Å². The summed E-state index contributed by atoms with van der Waals surface area (Å²) >= 11 is -0.113. The number of imide groups is 2. The minimum atomic E-state index is -1.83. The fourth-order valence-corrected chi connectivity index (χ4v) is 9.23. The maximum absolute atomic E-state index is 12.1. The molecule has 0 unspecified atom stereocenters. The Morgan fingerprint density at radius 1 is 0.806 bits per heavy atom. The number of nitrogens with one attached hydrogen (secondary N) is 2. The molecule has 0 radical (unpaired) electrons. The molecule has 6 nitrogen and oxygen atoms in total. The Bertz CT molecular complexity index is 1220. The van der Waals surface area contributed by atoms with Crippen LogP contribution in [0.5, 0.6) is 0 Å². The molecule has 1 aromatic heterocycles.